The van der Waals surface area contributed by atoms with Crippen LogP contribution in [-0.2, 0) is 16.4 Å². The van der Waals surface area contributed by atoms with Crippen LogP contribution < -0.4 is 28.4 Å². The molecule has 12 rings (SSSR count). The predicted octanol–water partition coefficient (Wildman–Crippen LogP) is 18.8. The van der Waals surface area contributed by atoms with Crippen LogP contribution in [0, 0.1) is 6.92 Å². The Morgan fingerprint density at radius 3 is 0.787 bits per heavy atom. The Hall–Kier alpha value is -11.6. The maximum Gasteiger partial charge on any atom is 0.206 e. The molecule has 0 fully saturated rings. The molecule has 0 aliphatic carbocycles. The molecule has 0 aromatic heterocycles. The fourth-order valence-corrected chi connectivity index (χ4v) is 12.0. The Morgan fingerprint density at radius 2 is 0.532 bits per heavy atom. The third-order valence-corrected chi connectivity index (χ3v) is 17.6. The monoisotopic (exact) mass is 1260 g/mol. The summed E-state index contributed by atoms with van der Waals surface area (Å²) < 4.78 is 62.4. The minimum atomic E-state index is -3.74. The van der Waals surface area contributed by atoms with Crippen molar-refractivity contribution in [3.63, 3.8) is 0 Å². The van der Waals surface area contributed by atoms with Gasteiger partial charge in [0.1, 0.15) is 57.5 Å². The van der Waals surface area contributed by atoms with E-state index >= 15 is 0 Å². The smallest absolute Gasteiger partial charge is 0.206 e. The van der Waals surface area contributed by atoms with E-state index in [1.165, 1.54) is 18.2 Å². The van der Waals surface area contributed by atoms with Gasteiger partial charge in [0.05, 0.1) is 24.0 Å². The van der Waals surface area contributed by atoms with Crippen LogP contribution in [0.15, 0.2) is 289 Å². The second-order valence-electron chi connectivity index (χ2n) is 22.6. The third-order valence-electron chi connectivity index (χ3n) is 15.9. The summed E-state index contributed by atoms with van der Waals surface area (Å²) in [5.74, 6) is 4.72. The lowest BCUT2D eigenvalue weighted by atomic mass is 9.92. The molecule has 0 spiro atoms. The Bertz CT molecular complexity index is 4620. The minimum Gasteiger partial charge on any atom is -0.497 e. The van der Waals surface area contributed by atoms with Crippen LogP contribution in [0.2, 0.25) is 0 Å². The quantitative estimate of drug-likeness (QED) is 0.0562. The summed E-state index contributed by atoms with van der Waals surface area (Å²) in [6, 6.07) is 82.4. The number of carbonyl (C=O) groups is 3. The molecule has 0 N–H and O–H groups in total. The van der Waals surface area contributed by atoms with Gasteiger partial charge in [0, 0.05) is 39.9 Å². The number of sulfone groups is 1. The zero-order valence-electron chi connectivity index (χ0n) is 52.1. The van der Waals surface area contributed by atoms with Crippen LogP contribution in [-0.4, -0.2) is 59.0 Å². The summed E-state index contributed by atoms with van der Waals surface area (Å²) in [7, 11) is 3.43. The summed E-state index contributed by atoms with van der Waals surface area (Å²) in [6.45, 7) is 2.61. The number of ether oxygens (including phenoxy) is 6. The van der Waals surface area contributed by atoms with Crippen molar-refractivity contribution in [2.24, 2.45) is 0 Å². The number of aryl methyl sites for hydroxylation is 1. The summed E-state index contributed by atoms with van der Waals surface area (Å²) in [5.41, 5.74) is 9.34. The van der Waals surface area contributed by atoms with Crippen molar-refractivity contribution >= 4 is 27.2 Å². The summed E-state index contributed by atoms with van der Waals surface area (Å²) in [6.07, 6.45) is 0. The normalized spacial score (nSPS) is 11.2. The van der Waals surface area contributed by atoms with Crippen LogP contribution in [0.5, 0.6) is 57.5 Å². The molecular weight excluding hydrogens is 1190 g/mol. The number of hydrogen-bond acceptors (Lipinski definition) is 12. The van der Waals surface area contributed by atoms with Crippen LogP contribution in [0.1, 0.15) is 58.9 Å². The highest BCUT2D eigenvalue weighted by atomic mass is 32.2. The lowest BCUT2D eigenvalue weighted by molar-refractivity contribution is 0.103. The highest BCUT2D eigenvalue weighted by Gasteiger charge is 2.22. The largest absolute Gasteiger partial charge is 0.497 e. The van der Waals surface area contributed by atoms with Crippen molar-refractivity contribution in [3.8, 4) is 90.9 Å². The average Bonchev–Trinajstić information content (AvgIpc) is 0.887. The standard InChI is InChI=1S/C81H63NO11S/c1-53-6-45-78(51-66(53)52-82(2)3)94(86,87)77-46-43-76(44-47-77)93-72-35-17-59(18-36-72)58-15-33-71(34-16-58)92-75-41-23-62(24-42-75)81(85)65-49-63(79(83)60-19-37-73(38-20-60)90-69-29-11-56(12-30-69)54-7-25-67(88-4)26-8-54)48-64(50-65)80(84)61-21-39-74(40-22-61)91-70-31-13-57(14-32-70)55-9-27-68(89-5)28-10-55/h6-51H,52H2,1-5H3. The summed E-state index contributed by atoms with van der Waals surface area (Å²) in [4.78, 5) is 45.9. The molecule has 464 valence electrons. The van der Waals surface area contributed by atoms with E-state index in [0.29, 0.717) is 69.2 Å². The van der Waals surface area contributed by atoms with E-state index in [0.717, 1.165) is 56.0 Å². The number of nitrogens with zero attached hydrogens (tertiary/aromatic N) is 1. The van der Waals surface area contributed by atoms with E-state index in [2.05, 4.69) is 0 Å². The zero-order valence-corrected chi connectivity index (χ0v) is 52.9. The van der Waals surface area contributed by atoms with E-state index in [-0.39, 0.29) is 26.5 Å². The molecule has 94 heavy (non-hydrogen) atoms. The third kappa shape index (κ3) is 14.7. The summed E-state index contributed by atoms with van der Waals surface area (Å²) in [5, 5.41) is 0. The molecule has 0 heterocycles. The minimum absolute atomic E-state index is 0.143. The van der Waals surface area contributed by atoms with Gasteiger partial charge < -0.3 is 33.3 Å². The fourth-order valence-electron chi connectivity index (χ4n) is 10.7. The molecule has 12 aromatic rings. The SMILES string of the molecule is COc1ccc(-c2ccc(Oc3ccc(C(=O)c4cc(C(=O)c5ccc(Oc6ccc(-c7ccc(OC)cc7)cc6)cc5)cc(C(=O)c5ccc(Oc6ccc(-c7ccc(Oc8ccc(S(=O)(=O)c9ccc(C)c(CN(C)C)c9)cc8)cc7)cc6)cc5)c4)cc3)cc2)cc1. The van der Waals surface area contributed by atoms with Gasteiger partial charge in [-0.1, -0.05) is 78.9 Å². The second-order valence-corrected chi connectivity index (χ2v) is 24.6. The molecule has 0 atom stereocenters. The van der Waals surface area contributed by atoms with Crippen LogP contribution >= 0.6 is 0 Å². The van der Waals surface area contributed by atoms with Crippen molar-refractivity contribution in [1.29, 1.82) is 0 Å². The molecule has 0 unspecified atom stereocenters. The molecule has 0 radical (unpaired) electrons. The van der Waals surface area contributed by atoms with E-state index in [4.69, 9.17) is 28.4 Å². The topological polar surface area (TPSA) is 144 Å². The zero-order chi connectivity index (χ0) is 65.3. The Balaban J connectivity index is 0.718. The summed E-state index contributed by atoms with van der Waals surface area (Å²) >= 11 is 0. The first-order valence-electron chi connectivity index (χ1n) is 30.2. The van der Waals surface area contributed by atoms with Crippen molar-refractivity contribution in [1.82, 2.24) is 4.90 Å². The first-order chi connectivity index (χ1) is 45.6. The van der Waals surface area contributed by atoms with Gasteiger partial charge >= 0.3 is 0 Å². The average molecular weight is 1260 g/mol. The Labute approximate surface area is 546 Å². The predicted molar refractivity (Wildman–Crippen MR) is 366 cm³/mol. The van der Waals surface area contributed by atoms with E-state index in [1.807, 2.05) is 178 Å². The molecule has 0 amide bonds. The van der Waals surface area contributed by atoms with Gasteiger partial charge in [-0.15, -0.1) is 0 Å². The van der Waals surface area contributed by atoms with Crippen molar-refractivity contribution < 1.29 is 51.2 Å². The number of benzene rings is 12. The van der Waals surface area contributed by atoms with Gasteiger partial charge in [-0.2, -0.15) is 0 Å². The van der Waals surface area contributed by atoms with Gasteiger partial charge in [0.15, 0.2) is 17.3 Å². The van der Waals surface area contributed by atoms with E-state index in [1.54, 1.807) is 123 Å². The number of carbonyl (C=O) groups excluding carboxylic acids is 3. The number of methoxy groups -OCH3 is 2. The van der Waals surface area contributed by atoms with Gasteiger partial charge in [-0.05, 0) is 266 Å². The van der Waals surface area contributed by atoms with E-state index in [9.17, 15) is 22.8 Å². The molecule has 12 aromatic carbocycles. The second kappa shape index (κ2) is 27.8. The number of hydrogen-bond donors (Lipinski definition) is 0. The van der Waals surface area contributed by atoms with E-state index < -0.39 is 27.2 Å². The first kappa shape index (κ1) is 62.5. The molecule has 12 nitrogen and oxygen atoms in total. The van der Waals surface area contributed by atoms with Crippen LogP contribution in [0.3, 0.4) is 0 Å². The number of rotatable bonds is 23. The number of ketones is 3. The van der Waals surface area contributed by atoms with Gasteiger partial charge in [0.2, 0.25) is 9.84 Å². The molecular formula is C81H63NO11S. The highest BCUT2D eigenvalue weighted by molar-refractivity contribution is 7.91. The van der Waals surface area contributed by atoms with Crippen molar-refractivity contribution in [2.75, 3.05) is 28.3 Å². The molecule has 0 saturated heterocycles. The van der Waals surface area contributed by atoms with Gasteiger partial charge in [-0.25, -0.2) is 8.42 Å². The molecule has 13 heteroatoms. The van der Waals surface area contributed by atoms with Gasteiger partial charge in [0.25, 0.3) is 0 Å². The molecule has 0 bridgehead atoms. The van der Waals surface area contributed by atoms with Gasteiger partial charge in [-0.3, -0.25) is 14.4 Å². The highest BCUT2D eigenvalue weighted by Crippen LogP contribution is 2.34. The Kier molecular flexibility index (Phi) is 18.5. The molecule has 0 saturated carbocycles. The Morgan fingerprint density at radius 1 is 0.298 bits per heavy atom. The van der Waals surface area contributed by atoms with Crippen LogP contribution in [0.25, 0.3) is 33.4 Å². The molecule has 0 aliphatic heterocycles. The lowest BCUT2D eigenvalue weighted by Crippen LogP contribution is -2.12. The van der Waals surface area contributed by atoms with Crippen LogP contribution in [0.4, 0.5) is 0 Å². The van der Waals surface area contributed by atoms with Crippen molar-refractivity contribution in [3.05, 3.63) is 324 Å². The fraction of sp³-hybridized carbons (Fsp3) is 0.0741. The van der Waals surface area contributed by atoms with Crippen molar-refractivity contribution in [2.45, 2.75) is 23.3 Å². The first-order valence-corrected chi connectivity index (χ1v) is 31.7. The lowest BCUT2D eigenvalue weighted by Gasteiger charge is -2.14. The molecule has 0 aliphatic rings. The maximum absolute atomic E-state index is 14.5. The maximum atomic E-state index is 14.5.